The van der Waals surface area contributed by atoms with E-state index in [1.165, 1.54) is 5.56 Å². The van der Waals surface area contributed by atoms with E-state index in [9.17, 15) is 9.90 Å². The highest BCUT2D eigenvalue weighted by molar-refractivity contribution is 5.77. The summed E-state index contributed by atoms with van der Waals surface area (Å²) in [6.45, 7) is 6.58. The van der Waals surface area contributed by atoms with Gasteiger partial charge in [0.2, 0.25) is 0 Å². The van der Waals surface area contributed by atoms with Gasteiger partial charge in [0.15, 0.2) is 0 Å². The Morgan fingerprint density at radius 2 is 1.71 bits per heavy atom. The average Bonchev–Trinajstić information content (AvgIpc) is 2.20. The summed E-state index contributed by atoms with van der Waals surface area (Å²) in [5.41, 5.74) is 4.34. The van der Waals surface area contributed by atoms with Crippen molar-refractivity contribution in [2.24, 2.45) is 0 Å². The van der Waals surface area contributed by atoms with Gasteiger partial charge in [-0.1, -0.05) is 12.1 Å². The van der Waals surface area contributed by atoms with Gasteiger partial charge in [-0.05, 0) is 57.1 Å². The SMILES string of the molecule is Cc1cc(C)c(C(CN(C)C)C(=O)O)cc1C. The molecule has 1 rings (SSSR count). The molecule has 0 spiro atoms. The Balaban J connectivity index is 3.18. The number of aryl methyl sites for hydroxylation is 3. The molecule has 1 atom stereocenters. The number of aliphatic carboxylic acids is 1. The summed E-state index contributed by atoms with van der Waals surface area (Å²) in [5, 5.41) is 9.33. The number of likely N-dealkylation sites (N-methyl/N-ethyl adjacent to an activating group) is 1. The van der Waals surface area contributed by atoms with Crippen LogP contribution in [0.1, 0.15) is 28.2 Å². The molecule has 0 amide bonds. The monoisotopic (exact) mass is 235 g/mol. The molecule has 0 heterocycles. The first kappa shape index (κ1) is 13.7. The first-order chi connectivity index (χ1) is 7.82. The van der Waals surface area contributed by atoms with Gasteiger partial charge in [-0.3, -0.25) is 4.79 Å². The van der Waals surface area contributed by atoms with Crippen LogP contribution in [0.15, 0.2) is 12.1 Å². The fraction of sp³-hybridized carbons (Fsp3) is 0.500. The van der Waals surface area contributed by atoms with E-state index in [1.807, 2.05) is 45.8 Å². The Morgan fingerprint density at radius 3 is 2.18 bits per heavy atom. The van der Waals surface area contributed by atoms with Crippen molar-refractivity contribution in [2.45, 2.75) is 26.7 Å². The quantitative estimate of drug-likeness (QED) is 0.870. The second-order valence-corrected chi connectivity index (χ2v) is 4.95. The summed E-state index contributed by atoms with van der Waals surface area (Å²) in [7, 11) is 3.79. The Morgan fingerprint density at radius 1 is 1.18 bits per heavy atom. The number of carbonyl (C=O) groups is 1. The van der Waals surface area contributed by atoms with Crippen molar-refractivity contribution in [1.29, 1.82) is 0 Å². The third-order valence-corrected chi connectivity index (χ3v) is 3.10. The lowest BCUT2D eigenvalue weighted by Crippen LogP contribution is -2.26. The molecule has 0 aromatic heterocycles. The van der Waals surface area contributed by atoms with Gasteiger partial charge in [-0.2, -0.15) is 0 Å². The molecule has 0 bridgehead atoms. The van der Waals surface area contributed by atoms with Crippen LogP contribution in [0.5, 0.6) is 0 Å². The van der Waals surface area contributed by atoms with Gasteiger partial charge in [0.25, 0.3) is 0 Å². The van der Waals surface area contributed by atoms with E-state index in [-0.39, 0.29) is 0 Å². The normalized spacial score (nSPS) is 12.8. The second-order valence-electron chi connectivity index (χ2n) is 4.95. The molecule has 0 radical (unpaired) electrons. The van der Waals surface area contributed by atoms with E-state index in [4.69, 9.17) is 0 Å². The van der Waals surface area contributed by atoms with Crippen LogP contribution >= 0.6 is 0 Å². The third kappa shape index (κ3) is 3.30. The van der Waals surface area contributed by atoms with E-state index in [0.717, 1.165) is 16.7 Å². The largest absolute Gasteiger partial charge is 0.481 e. The average molecular weight is 235 g/mol. The Kier molecular flexibility index (Phi) is 4.29. The number of carboxylic acids is 1. The maximum Gasteiger partial charge on any atom is 0.312 e. The minimum atomic E-state index is -0.759. The fourth-order valence-corrected chi connectivity index (χ4v) is 2.03. The zero-order chi connectivity index (χ0) is 13.2. The van der Waals surface area contributed by atoms with E-state index in [1.54, 1.807) is 0 Å². The molecule has 17 heavy (non-hydrogen) atoms. The van der Waals surface area contributed by atoms with E-state index in [0.29, 0.717) is 6.54 Å². The van der Waals surface area contributed by atoms with E-state index < -0.39 is 11.9 Å². The topological polar surface area (TPSA) is 40.5 Å². The Labute approximate surface area is 103 Å². The zero-order valence-corrected chi connectivity index (χ0v) is 11.2. The minimum absolute atomic E-state index is 0.454. The first-order valence-electron chi connectivity index (χ1n) is 5.78. The zero-order valence-electron chi connectivity index (χ0n) is 11.2. The van der Waals surface area contributed by atoms with Gasteiger partial charge in [0.05, 0.1) is 5.92 Å². The highest BCUT2D eigenvalue weighted by atomic mass is 16.4. The van der Waals surface area contributed by atoms with Crippen LogP contribution in [0.25, 0.3) is 0 Å². The van der Waals surface area contributed by atoms with Gasteiger partial charge < -0.3 is 10.0 Å². The van der Waals surface area contributed by atoms with Crippen LogP contribution < -0.4 is 0 Å². The highest BCUT2D eigenvalue weighted by Gasteiger charge is 2.22. The molecule has 0 saturated carbocycles. The summed E-state index contributed by atoms with van der Waals surface area (Å²) >= 11 is 0. The molecule has 1 aromatic rings. The van der Waals surface area contributed by atoms with Crippen molar-refractivity contribution in [2.75, 3.05) is 20.6 Å². The molecular formula is C14H21NO2. The standard InChI is InChI=1S/C14H21NO2/c1-9-6-11(3)12(7-10(9)2)13(14(16)17)8-15(4)5/h6-7,13H,8H2,1-5H3,(H,16,17). The van der Waals surface area contributed by atoms with Crippen molar-refractivity contribution in [3.63, 3.8) is 0 Å². The third-order valence-electron chi connectivity index (χ3n) is 3.10. The van der Waals surface area contributed by atoms with Crippen LogP contribution in [0, 0.1) is 20.8 Å². The summed E-state index contributed by atoms with van der Waals surface area (Å²) < 4.78 is 0. The Bertz CT molecular complexity index is 424. The lowest BCUT2D eigenvalue weighted by molar-refractivity contribution is -0.139. The van der Waals surface area contributed by atoms with E-state index >= 15 is 0 Å². The Hall–Kier alpha value is -1.35. The molecular weight excluding hydrogens is 214 g/mol. The molecule has 1 N–H and O–H groups in total. The van der Waals surface area contributed by atoms with Crippen molar-refractivity contribution in [1.82, 2.24) is 4.90 Å². The molecule has 1 aromatic carbocycles. The van der Waals surface area contributed by atoms with Crippen LogP contribution in [-0.2, 0) is 4.79 Å². The lowest BCUT2D eigenvalue weighted by atomic mass is 9.91. The highest BCUT2D eigenvalue weighted by Crippen LogP contribution is 2.24. The summed E-state index contributed by atoms with van der Waals surface area (Å²) in [6, 6.07) is 4.07. The lowest BCUT2D eigenvalue weighted by Gasteiger charge is -2.20. The molecule has 0 saturated heterocycles. The molecule has 0 aliphatic rings. The molecule has 94 valence electrons. The van der Waals surface area contributed by atoms with Gasteiger partial charge in [0.1, 0.15) is 0 Å². The van der Waals surface area contributed by atoms with Crippen molar-refractivity contribution in [3.05, 3.63) is 34.4 Å². The second kappa shape index (κ2) is 5.32. The number of nitrogens with zero attached hydrogens (tertiary/aromatic N) is 1. The van der Waals surface area contributed by atoms with Crippen LogP contribution in [0.4, 0.5) is 0 Å². The minimum Gasteiger partial charge on any atom is -0.481 e. The maximum atomic E-state index is 11.4. The van der Waals surface area contributed by atoms with Crippen molar-refractivity contribution >= 4 is 5.97 Å². The van der Waals surface area contributed by atoms with Crippen LogP contribution in [-0.4, -0.2) is 36.6 Å². The van der Waals surface area contributed by atoms with Crippen LogP contribution in [0.2, 0.25) is 0 Å². The van der Waals surface area contributed by atoms with Crippen molar-refractivity contribution < 1.29 is 9.90 Å². The molecule has 3 heteroatoms. The summed E-state index contributed by atoms with van der Waals surface area (Å²) in [6.07, 6.45) is 0. The molecule has 0 aliphatic heterocycles. The van der Waals surface area contributed by atoms with Gasteiger partial charge in [-0.15, -0.1) is 0 Å². The molecule has 0 fully saturated rings. The number of benzene rings is 1. The van der Waals surface area contributed by atoms with Gasteiger partial charge >= 0.3 is 5.97 Å². The molecule has 1 unspecified atom stereocenters. The predicted octanol–water partition coefficient (Wildman–Crippen LogP) is 2.34. The number of rotatable bonds is 4. The first-order valence-corrected chi connectivity index (χ1v) is 5.78. The van der Waals surface area contributed by atoms with Gasteiger partial charge in [-0.25, -0.2) is 0 Å². The van der Waals surface area contributed by atoms with Crippen molar-refractivity contribution in [3.8, 4) is 0 Å². The summed E-state index contributed by atoms with van der Waals surface area (Å²) in [5.74, 6) is -1.21. The van der Waals surface area contributed by atoms with E-state index in [2.05, 4.69) is 6.07 Å². The maximum absolute atomic E-state index is 11.4. The molecule has 0 aliphatic carbocycles. The predicted molar refractivity (Wildman–Crippen MR) is 69.6 cm³/mol. The number of hydrogen-bond acceptors (Lipinski definition) is 2. The number of hydrogen-bond donors (Lipinski definition) is 1. The summed E-state index contributed by atoms with van der Waals surface area (Å²) in [4.78, 5) is 13.3. The number of carboxylic acid groups (broad SMARTS) is 1. The molecule has 3 nitrogen and oxygen atoms in total. The fourth-order valence-electron chi connectivity index (χ4n) is 2.03. The van der Waals surface area contributed by atoms with Gasteiger partial charge in [0, 0.05) is 6.54 Å². The van der Waals surface area contributed by atoms with Crippen LogP contribution in [0.3, 0.4) is 0 Å². The smallest absolute Gasteiger partial charge is 0.312 e.